The van der Waals surface area contributed by atoms with Gasteiger partial charge in [-0.25, -0.2) is 0 Å². The molecule has 0 spiro atoms. The number of rotatable bonds is 7. The third kappa shape index (κ3) is 5.35. The number of ether oxygens (including phenoxy) is 1. The lowest BCUT2D eigenvalue weighted by molar-refractivity contribution is 0.0601. The van der Waals surface area contributed by atoms with Gasteiger partial charge in [0, 0.05) is 23.0 Å². The van der Waals surface area contributed by atoms with E-state index < -0.39 is 13.0 Å². The topological polar surface area (TPSA) is 93.1 Å². The number of carbonyl (C=O) groups excluding carboxylic acids is 2. The third-order valence-electron chi connectivity index (χ3n) is 8.45. The molecule has 1 fully saturated rings. The van der Waals surface area contributed by atoms with Gasteiger partial charge in [-0.15, -0.1) is 0 Å². The van der Waals surface area contributed by atoms with Crippen LogP contribution in [0.5, 0.6) is 11.5 Å². The molecule has 4 atom stereocenters. The number of methoxy groups -OCH3 is 1. The number of ketones is 2. The van der Waals surface area contributed by atoms with E-state index in [9.17, 15) is 19.7 Å². The quantitative estimate of drug-likeness (QED) is 0.204. The van der Waals surface area contributed by atoms with Crippen molar-refractivity contribution in [3.63, 3.8) is 0 Å². The Labute approximate surface area is 243 Å². The first-order chi connectivity index (χ1) is 18.7. The number of carbonyl (C=O) groups is 2. The van der Waals surface area contributed by atoms with Gasteiger partial charge in [0.05, 0.1) is 16.8 Å². The predicted molar refractivity (Wildman–Crippen MR) is 160 cm³/mol. The van der Waals surface area contributed by atoms with E-state index in [2.05, 4.69) is 42.5 Å². The maximum absolute atomic E-state index is 13.7. The zero-order chi connectivity index (χ0) is 27.8. The summed E-state index contributed by atoms with van der Waals surface area (Å²) in [6.45, 7) is 4.20. The lowest BCUT2D eigenvalue weighted by Crippen LogP contribution is -2.50. The van der Waals surface area contributed by atoms with E-state index in [1.807, 2.05) is 24.3 Å². The number of aromatic hydroxyl groups is 1. The van der Waals surface area contributed by atoms with Crippen molar-refractivity contribution in [3.8, 4) is 11.5 Å². The standard InChI is InChI=1S/C31H34BIO6/c1-4-7-18(13-19-14-24(33)31(36)26(15-19)38-3)10-11-25-27-17(2)12-22-28(23(27)16-32(37)39-25)30(35)21-9-6-5-8-20(21)29(22)34/h5-6,8-9,13-15,22-23,25,28,36-37H,4,7,10-12,16H2,1-3H3/b18-13+/t22-,23+,25-,28-/m1/s1. The molecule has 5 rings (SSSR count). The van der Waals surface area contributed by atoms with E-state index in [0.717, 1.165) is 39.5 Å². The van der Waals surface area contributed by atoms with Gasteiger partial charge in [0.2, 0.25) is 0 Å². The smallest absolute Gasteiger partial charge is 0.455 e. The number of hydrogen-bond acceptors (Lipinski definition) is 6. The highest BCUT2D eigenvalue weighted by Gasteiger charge is 2.52. The van der Waals surface area contributed by atoms with E-state index in [-0.39, 0.29) is 35.3 Å². The average Bonchev–Trinajstić information content (AvgIpc) is 2.91. The summed E-state index contributed by atoms with van der Waals surface area (Å²) in [5.41, 5.74) is 5.44. The van der Waals surface area contributed by atoms with Gasteiger partial charge in [-0.05, 0) is 90.7 Å². The highest BCUT2D eigenvalue weighted by Crippen LogP contribution is 2.50. The van der Waals surface area contributed by atoms with Crippen LogP contribution < -0.4 is 4.74 Å². The normalized spacial score (nSPS) is 24.8. The summed E-state index contributed by atoms with van der Waals surface area (Å²) in [6.07, 6.45) is 6.04. The minimum Gasteiger partial charge on any atom is -0.504 e. The number of hydrogen-bond donors (Lipinski definition) is 2. The Morgan fingerprint density at radius 1 is 1.15 bits per heavy atom. The molecule has 1 heterocycles. The van der Waals surface area contributed by atoms with Gasteiger partial charge in [-0.2, -0.15) is 0 Å². The highest BCUT2D eigenvalue weighted by atomic mass is 127. The Morgan fingerprint density at radius 3 is 2.56 bits per heavy atom. The zero-order valence-electron chi connectivity index (χ0n) is 22.6. The fourth-order valence-electron chi connectivity index (χ4n) is 6.80. The summed E-state index contributed by atoms with van der Waals surface area (Å²) in [4.78, 5) is 27.1. The molecular weight excluding hydrogens is 606 g/mol. The van der Waals surface area contributed by atoms with Crippen LogP contribution in [0.2, 0.25) is 6.32 Å². The van der Waals surface area contributed by atoms with Crippen LogP contribution >= 0.6 is 22.6 Å². The summed E-state index contributed by atoms with van der Waals surface area (Å²) in [6, 6.07) is 10.9. The molecule has 2 aromatic rings. The molecule has 204 valence electrons. The molecule has 0 bridgehead atoms. The first kappa shape index (κ1) is 28.1. The van der Waals surface area contributed by atoms with Crippen molar-refractivity contribution in [2.24, 2.45) is 17.8 Å². The van der Waals surface area contributed by atoms with Crippen molar-refractivity contribution in [1.82, 2.24) is 0 Å². The number of Topliss-reactive ketones (excluding diaryl/α,β-unsaturated/α-hetero) is 2. The second-order valence-corrected chi connectivity index (χ2v) is 12.1. The molecule has 8 heteroatoms. The minimum atomic E-state index is -0.975. The van der Waals surface area contributed by atoms with Crippen LogP contribution in [0.15, 0.2) is 53.1 Å². The van der Waals surface area contributed by atoms with Crippen LogP contribution in [0.25, 0.3) is 6.08 Å². The zero-order valence-corrected chi connectivity index (χ0v) is 24.7. The lowest BCUT2D eigenvalue weighted by Gasteiger charge is -2.47. The maximum atomic E-state index is 13.7. The Hall–Kier alpha value is -2.43. The second kappa shape index (κ2) is 11.6. The van der Waals surface area contributed by atoms with Crippen molar-refractivity contribution in [2.45, 2.75) is 58.4 Å². The molecule has 1 saturated heterocycles. The van der Waals surface area contributed by atoms with Crippen LogP contribution in [0.3, 0.4) is 0 Å². The number of allylic oxidation sites excluding steroid dienone is 2. The SMILES string of the molecule is CCC/C(=C\c1cc(I)c(O)c(OC)c1)CC[C@H]1OB(O)C[C@H]2C1=C(C)C[C@H]1C(=O)c3ccccc3C(=O)[C@H]12. The summed E-state index contributed by atoms with van der Waals surface area (Å²) < 4.78 is 12.2. The molecule has 2 aromatic carbocycles. The Morgan fingerprint density at radius 2 is 1.87 bits per heavy atom. The minimum absolute atomic E-state index is 0.0144. The predicted octanol–water partition coefficient (Wildman–Crippen LogP) is 6.50. The van der Waals surface area contributed by atoms with E-state index in [4.69, 9.17) is 9.39 Å². The molecule has 0 aromatic heterocycles. The number of phenols is 1. The fraction of sp³-hybridized carbons (Fsp3) is 0.419. The van der Waals surface area contributed by atoms with Gasteiger partial charge >= 0.3 is 7.12 Å². The molecule has 1 aliphatic heterocycles. The van der Waals surface area contributed by atoms with E-state index in [1.54, 1.807) is 19.2 Å². The maximum Gasteiger partial charge on any atom is 0.455 e. The Kier molecular flexibility index (Phi) is 8.36. The van der Waals surface area contributed by atoms with Crippen LogP contribution in [0, 0.1) is 21.3 Å². The molecule has 2 N–H and O–H groups in total. The van der Waals surface area contributed by atoms with Crippen molar-refractivity contribution < 1.29 is 29.1 Å². The van der Waals surface area contributed by atoms with Crippen LogP contribution in [0.1, 0.15) is 72.2 Å². The first-order valence-corrected chi connectivity index (χ1v) is 14.8. The third-order valence-corrected chi connectivity index (χ3v) is 9.27. The van der Waals surface area contributed by atoms with E-state index in [1.165, 1.54) is 5.57 Å². The van der Waals surface area contributed by atoms with Crippen molar-refractivity contribution in [2.75, 3.05) is 7.11 Å². The fourth-order valence-corrected chi connectivity index (χ4v) is 7.43. The molecule has 3 aliphatic rings. The molecule has 0 radical (unpaired) electrons. The van der Waals surface area contributed by atoms with Crippen LogP contribution in [-0.2, 0) is 4.65 Å². The molecule has 0 saturated carbocycles. The number of halogens is 1. The van der Waals surface area contributed by atoms with Crippen molar-refractivity contribution >= 4 is 47.4 Å². The monoisotopic (exact) mass is 640 g/mol. The molecular formula is C31H34BIO6. The molecule has 0 amide bonds. The number of phenolic OH excluding ortho intramolecular Hbond substituents is 1. The molecule has 0 unspecified atom stereocenters. The molecule has 2 aliphatic carbocycles. The van der Waals surface area contributed by atoms with Gasteiger partial charge < -0.3 is 19.5 Å². The van der Waals surface area contributed by atoms with Crippen LogP contribution in [-0.4, -0.2) is 42.0 Å². The number of fused-ring (bicyclic) bond motifs is 4. The summed E-state index contributed by atoms with van der Waals surface area (Å²) in [5.74, 6) is -0.405. The van der Waals surface area contributed by atoms with Gasteiger partial charge in [0.25, 0.3) is 0 Å². The summed E-state index contributed by atoms with van der Waals surface area (Å²) in [7, 11) is 0.568. The Bertz CT molecular complexity index is 1360. The van der Waals surface area contributed by atoms with E-state index in [0.29, 0.717) is 36.0 Å². The lowest BCUT2D eigenvalue weighted by atomic mass is 9.54. The Balaban J connectivity index is 1.42. The van der Waals surface area contributed by atoms with Gasteiger partial charge in [-0.3, -0.25) is 9.59 Å². The van der Waals surface area contributed by atoms with Gasteiger partial charge in [-0.1, -0.05) is 54.8 Å². The van der Waals surface area contributed by atoms with Crippen LogP contribution in [0.4, 0.5) is 0 Å². The molecule has 6 nitrogen and oxygen atoms in total. The van der Waals surface area contributed by atoms with E-state index >= 15 is 0 Å². The summed E-state index contributed by atoms with van der Waals surface area (Å²) >= 11 is 2.10. The van der Waals surface area contributed by atoms with Crippen molar-refractivity contribution in [1.29, 1.82) is 0 Å². The largest absolute Gasteiger partial charge is 0.504 e. The van der Waals surface area contributed by atoms with Gasteiger partial charge in [0.1, 0.15) is 0 Å². The molecule has 39 heavy (non-hydrogen) atoms. The summed E-state index contributed by atoms with van der Waals surface area (Å²) in [5, 5.41) is 21.0. The number of benzene rings is 2. The van der Waals surface area contributed by atoms with Gasteiger partial charge in [0.15, 0.2) is 23.1 Å². The second-order valence-electron chi connectivity index (χ2n) is 10.9. The average molecular weight is 640 g/mol. The van der Waals surface area contributed by atoms with Crippen molar-refractivity contribution in [3.05, 3.63) is 73.4 Å². The highest BCUT2D eigenvalue weighted by molar-refractivity contribution is 14.1. The first-order valence-electron chi connectivity index (χ1n) is 13.7.